The van der Waals surface area contributed by atoms with E-state index in [0.29, 0.717) is 6.61 Å². The molecule has 1 atom stereocenters. The molecule has 0 aliphatic carbocycles. The number of hydrogen-bond donors (Lipinski definition) is 1. The summed E-state index contributed by atoms with van der Waals surface area (Å²) < 4.78 is 10.2. The Balaban J connectivity index is 2.12. The molecule has 1 N–H and O–H groups in total. The molecule has 13 heavy (non-hydrogen) atoms. The van der Waals surface area contributed by atoms with Gasteiger partial charge in [0.2, 0.25) is 0 Å². The van der Waals surface area contributed by atoms with Crippen LogP contribution >= 0.6 is 0 Å². The minimum atomic E-state index is -0.376. The third-order valence-corrected chi connectivity index (χ3v) is 2.05. The topological polar surface area (TPSA) is 51.5 Å². The molecule has 1 fully saturated rings. The van der Waals surface area contributed by atoms with Crippen molar-refractivity contribution in [1.29, 1.82) is 0 Å². The van der Waals surface area contributed by atoms with Crippen molar-refractivity contribution in [1.82, 2.24) is 5.32 Å². The number of furan rings is 1. The van der Waals surface area contributed by atoms with E-state index in [2.05, 4.69) is 5.32 Å². The highest BCUT2D eigenvalue weighted by atomic mass is 16.6. The zero-order valence-electron chi connectivity index (χ0n) is 7.37. The van der Waals surface area contributed by atoms with Crippen LogP contribution in [0.4, 0.5) is 4.79 Å². The molecule has 4 heteroatoms. The van der Waals surface area contributed by atoms with Gasteiger partial charge in [-0.2, -0.15) is 0 Å². The lowest BCUT2D eigenvalue weighted by Gasteiger charge is -2.01. The maximum absolute atomic E-state index is 10.7. The fraction of sp³-hybridized carbons (Fsp3) is 0.444. The fourth-order valence-electron chi connectivity index (χ4n) is 1.31. The second-order valence-electron chi connectivity index (χ2n) is 2.95. The van der Waals surface area contributed by atoms with Crippen LogP contribution in [0.5, 0.6) is 0 Å². The van der Waals surface area contributed by atoms with Crippen molar-refractivity contribution in [3.05, 3.63) is 23.7 Å². The summed E-state index contributed by atoms with van der Waals surface area (Å²) in [5.74, 6) is 1.69. The Morgan fingerprint density at radius 3 is 3.00 bits per heavy atom. The number of aryl methyl sites for hydroxylation is 1. The lowest BCUT2D eigenvalue weighted by molar-refractivity contribution is 0.176. The minimum absolute atomic E-state index is 0.118. The van der Waals surface area contributed by atoms with Gasteiger partial charge < -0.3 is 14.5 Å². The van der Waals surface area contributed by atoms with E-state index >= 15 is 0 Å². The summed E-state index contributed by atoms with van der Waals surface area (Å²) >= 11 is 0. The Bertz CT molecular complexity index is 318. The van der Waals surface area contributed by atoms with Crippen LogP contribution in [-0.4, -0.2) is 12.7 Å². The fourth-order valence-corrected chi connectivity index (χ4v) is 1.31. The molecule has 1 aromatic rings. The first kappa shape index (κ1) is 8.16. The van der Waals surface area contributed by atoms with Gasteiger partial charge >= 0.3 is 6.09 Å². The number of amides is 1. The van der Waals surface area contributed by atoms with Gasteiger partial charge in [0.05, 0.1) is 0 Å². The minimum Gasteiger partial charge on any atom is -0.464 e. The maximum atomic E-state index is 10.7. The SMILES string of the molecule is CCc1ccc([C@H]2COC(=O)N2)o1. The molecule has 1 amide bonds. The normalized spacial score (nSPS) is 21.3. The van der Waals surface area contributed by atoms with Crippen LogP contribution in [0.1, 0.15) is 24.5 Å². The van der Waals surface area contributed by atoms with Crippen LogP contribution in [0.3, 0.4) is 0 Å². The molecule has 2 rings (SSSR count). The van der Waals surface area contributed by atoms with E-state index < -0.39 is 0 Å². The van der Waals surface area contributed by atoms with Crippen LogP contribution in [0.15, 0.2) is 16.5 Å². The van der Waals surface area contributed by atoms with E-state index in [0.717, 1.165) is 17.9 Å². The van der Waals surface area contributed by atoms with Gasteiger partial charge in [0.25, 0.3) is 0 Å². The number of alkyl carbamates (subject to hydrolysis) is 1. The maximum Gasteiger partial charge on any atom is 0.407 e. The summed E-state index contributed by atoms with van der Waals surface area (Å²) in [5, 5.41) is 2.65. The lowest BCUT2D eigenvalue weighted by Crippen LogP contribution is -2.17. The summed E-state index contributed by atoms with van der Waals surface area (Å²) in [4.78, 5) is 10.7. The molecule has 4 nitrogen and oxygen atoms in total. The van der Waals surface area contributed by atoms with Gasteiger partial charge in [0, 0.05) is 6.42 Å². The zero-order chi connectivity index (χ0) is 9.26. The van der Waals surface area contributed by atoms with Crippen LogP contribution in [0.25, 0.3) is 0 Å². The highest BCUT2D eigenvalue weighted by molar-refractivity contribution is 5.69. The van der Waals surface area contributed by atoms with E-state index in [1.54, 1.807) is 0 Å². The van der Waals surface area contributed by atoms with Crippen molar-refractivity contribution in [2.45, 2.75) is 19.4 Å². The van der Waals surface area contributed by atoms with Crippen LogP contribution in [0.2, 0.25) is 0 Å². The molecule has 0 saturated carbocycles. The number of cyclic esters (lactones) is 1. The first-order valence-corrected chi connectivity index (χ1v) is 4.31. The van der Waals surface area contributed by atoms with E-state index in [9.17, 15) is 4.79 Å². The number of rotatable bonds is 2. The Labute approximate surface area is 75.9 Å². The van der Waals surface area contributed by atoms with Crippen molar-refractivity contribution in [2.24, 2.45) is 0 Å². The molecule has 2 heterocycles. The van der Waals surface area contributed by atoms with Crippen LogP contribution < -0.4 is 5.32 Å². The monoisotopic (exact) mass is 181 g/mol. The average molecular weight is 181 g/mol. The highest BCUT2D eigenvalue weighted by Gasteiger charge is 2.26. The smallest absolute Gasteiger partial charge is 0.407 e. The van der Waals surface area contributed by atoms with Gasteiger partial charge in [-0.3, -0.25) is 0 Å². The van der Waals surface area contributed by atoms with E-state index in [-0.39, 0.29) is 12.1 Å². The molecule has 0 radical (unpaired) electrons. The molecule has 0 unspecified atom stereocenters. The third-order valence-electron chi connectivity index (χ3n) is 2.05. The largest absolute Gasteiger partial charge is 0.464 e. The average Bonchev–Trinajstić information content (AvgIpc) is 2.71. The van der Waals surface area contributed by atoms with Gasteiger partial charge in [-0.15, -0.1) is 0 Å². The Kier molecular flexibility index (Phi) is 1.96. The lowest BCUT2D eigenvalue weighted by atomic mass is 10.2. The van der Waals surface area contributed by atoms with Gasteiger partial charge in [-0.25, -0.2) is 4.79 Å². The highest BCUT2D eigenvalue weighted by Crippen LogP contribution is 2.20. The zero-order valence-corrected chi connectivity index (χ0v) is 7.37. The molecule has 1 aliphatic heterocycles. The van der Waals surface area contributed by atoms with Gasteiger partial charge in [-0.1, -0.05) is 6.92 Å². The van der Waals surface area contributed by atoms with E-state index in [1.165, 1.54) is 0 Å². The van der Waals surface area contributed by atoms with Crippen LogP contribution in [-0.2, 0) is 11.2 Å². The summed E-state index contributed by atoms with van der Waals surface area (Å²) in [7, 11) is 0. The number of hydrogen-bond acceptors (Lipinski definition) is 3. The molecule has 0 aromatic carbocycles. The standard InChI is InChI=1S/C9H11NO3/c1-2-6-3-4-8(13-6)7-5-12-9(11)10-7/h3-4,7H,2,5H2,1H3,(H,10,11)/t7-/m1/s1. The summed E-state index contributed by atoms with van der Waals surface area (Å²) in [6, 6.07) is 3.67. The van der Waals surface area contributed by atoms with Crippen molar-refractivity contribution in [3.63, 3.8) is 0 Å². The second-order valence-corrected chi connectivity index (χ2v) is 2.95. The Morgan fingerprint density at radius 2 is 2.46 bits per heavy atom. The van der Waals surface area contributed by atoms with Crippen molar-refractivity contribution >= 4 is 6.09 Å². The Morgan fingerprint density at radius 1 is 1.62 bits per heavy atom. The van der Waals surface area contributed by atoms with E-state index in [4.69, 9.17) is 9.15 Å². The molecule has 0 bridgehead atoms. The number of ether oxygens (including phenoxy) is 1. The Hall–Kier alpha value is -1.45. The predicted molar refractivity (Wildman–Crippen MR) is 45.3 cm³/mol. The molecule has 0 spiro atoms. The van der Waals surface area contributed by atoms with E-state index in [1.807, 2.05) is 19.1 Å². The van der Waals surface area contributed by atoms with Gasteiger partial charge in [-0.05, 0) is 12.1 Å². The number of carbonyl (C=O) groups excluding carboxylic acids is 1. The first-order chi connectivity index (χ1) is 6.29. The quantitative estimate of drug-likeness (QED) is 0.754. The third kappa shape index (κ3) is 1.52. The molecule has 1 aromatic heterocycles. The molecule has 1 saturated heterocycles. The van der Waals surface area contributed by atoms with Crippen molar-refractivity contribution in [3.8, 4) is 0 Å². The van der Waals surface area contributed by atoms with Crippen molar-refractivity contribution in [2.75, 3.05) is 6.61 Å². The van der Waals surface area contributed by atoms with Crippen molar-refractivity contribution < 1.29 is 13.9 Å². The summed E-state index contributed by atoms with van der Waals surface area (Å²) in [6.07, 6.45) is 0.487. The number of carbonyl (C=O) groups is 1. The molecule has 70 valence electrons. The van der Waals surface area contributed by atoms with Gasteiger partial charge in [0.1, 0.15) is 24.2 Å². The molecule has 1 aliphatic rings. The van der Waals surface area contributed by atoms with Gasteiger partial charge in [0.15, 0.2) is 0 Å². The van der Waals surface area contributed by atoms with Crippen LogP contribution in [0, 0.1) is 0 Å². The predicted octanol–water partition coefficient (Wildman–Crippen LogP) is 1.62. The number of nitrogens with one attached hydrogen (secondary N) is 1. The molecular formula is C9H11NO3. The summed E-state index contributed by atoms with van der Waals surface area (Å²) in [5.41, 5.74) is 0. The summed E-state index contributed by atoms with van der Waals surface area (Å²) in [6.45, 7) is 2.38. The first-order valence-electron chi connectivity index (χ1n) is 4.31. The molecular weight excluding hydrogens is 170 g/mol. The second kappa shape index (κ2) is 3.12.